The van der Waals surface area contributed by atoms with Crippen molar-refractivity contribution in [1.29, 1.82) is 0 Å². The molecule has 0 bridgehead atoms. The molecule has 0 heterocycles. The van der Waals surface area contributed by atoms with E-state index in [0.717, 1.165) is 75.5 Å². The van der Waals surface area contributed by atoms with Crippen LogP contribution < -0.4 is 0 Å². The Bertz CT molecular complexity index is 1050. The van der Waals surface area contributed by atoms with E-state index in [-0.39, 0.29) is 31.1 Å². The van der Waals surface area contributed by atoms with Crippen LogP contribution in [0.15, 0.2) is 0 Å². The maximum Gasteiger partial charge on any atom is 0.306 e. The van der Waals surface area contributed by atoms with Gasteiger partial charge in [0, 0.05) is 19.3 Å². The van der Waals surface area contributed by atoms with E-state index in [1.165, 1.54) is 225 Å². The molecule has 0 rings (SSSR count). The summed E-state index contributed by atoms with van der Waals surface area (Å²) in [5.74, 6) is 1.68. The van der Waals surface area contributed by atoms with E-state index in [1.807, 2.05) is 0 Å². The molecule has 0 aliphatic rings. The van der Waals surface area contributed by atoms with Gasteiger partial charge in [0.1, 0.15) is 13.2 Å². The second kappa shape index (κ2) is 53.2. The highest BCUT2D eigenvalue weighted by molar-refractivity contribution is 5.71. The van der Waals surface area contributed by atoms with Gasteiger partial charge in [-0.05, 0) is 37.0 Å². The zero-order valence-corrected chi connectivity index (χ0v) is 46.9. The van der Waals surface area contributed by atoms with Crippen LogP contribution in [0.25, 0.3) is 0 Å². The fraction of sp³-hybridized carbons (Fsp3) is 0.952. The smallest absolute Gasteiger partial charge is 0.306 e. The van der Waals surface area contributed by atoms with Gasteiger partial charge in [0.2, 0.25) is 0 Å². The van der Waals surface area contributed by atoms with Crippen LogP contribution in [-0.4, -0.2) is 37.2 Å². The van der Waals surface area contributed by atoms with Gasteiger partial charge >= 0.3 is 17.9 Å². The van der Waals surface area contributed by atoms with Crippen molar-refractivity contribution >= 4 is 17.9 Å². The van der Waals surface area contributed by atoms with Gasteiger partial charge in [-0.1, -0.05) is 305 Å². The number of rotatable bonds is 55. The first kappa shape index (κ1) is 66.4. The first-order valence-electron chi connectivity index (χ1n) is 30.6. The third kappa shape index (κ3) is 55.3. The number of carbonyl (C=O) groups excluding carboxylic acids is 3. The molecule has 0 radical (unpaired) electrons. The third-order valence-corrected chi connectivity index (χ3v) is 14.1. The third-order valence-electron chi connectivity index (χ3n) is 14.1. The molecule has 0 aromatic rings. The van der Waals surface area contributed by atoms with Crippen molar-refractivity contribution in [1.82, 2.24) is 0 Å². The van der Waals surface area contributed by atoms with Crippen LogP contribution in [0.1, 0.15) is 343 Å². The van der Waals surface area contributed by atoms with E-state index < -0.39 is 6.10 Å². The highest BCUT2D eigenvalue weighted by Gasteiger charge is 2.19. The molecule has 6 heteroatoms. The topological polar surface area (TPSA) is 78.9 Å². The van der Waals surface area contributed by atoms with Crippen molar-refractivity contribution in [2.45, 2.75) is 349 Å². The number of ether oxygens (including phenoxy) is 3. The predicted octanol–water partition coefficient (Wildman–Crippen LogP) is 20.3. The van der Waals surface area contributed by atoms with Crippen LogP contribution in [0, 0.1) is 17.8 Å². The molecule has 0 fully saturated rings. The number of hydrogen-bond acceptors (Lipinski definition) is 6. The first-order valence-corrected chi connectivity index (χ1v) is 30.6. The fourth-order valence-electron chi connectivity index (χ4n) is 9.53. The van der Waals surface area contributed by atoms with Crippen molar-refractivity contribution < 1.29 is 28.6 Å². The molecule has 1 atom stereocenters. The minimum absolute atomic E-state index is 0.0632. The second-order valence-corrected chi connectivity index (χ2v) is 22.8. The lowest BCUT2D eigenvalue weighted by Crippen LogP contribution is -2.30. The average Bonchev–Trinajstić information content (AvgIpc) is 3.30. The molecule has 0 aromatic carbocycles. The zero-order valence-electron chi connectivity index (χ0n) is 46.9. The standard InChI is InChI=1S/C62H120O6/c1-56(2)48-42-36-30-24-18-13-11-9-7-8-10-12-14-22-29-35-41-47-53-62(65)68-59(55-67-61(64)52-46-40-34-28-23-17-20-26-32-38-44-50-58(5)6)54-66-60(63)51-45-39-33-27-21-16-15-19-25-31-37-43-49-57(3)4/h56-59H,7-55H2,1-6H3/t59-/m1/s1. The molecular formula is C62H120O6. The quantitative estimate of drug-likeness (QED) is 0.0343. The summed E-state index contributed by atoms with van der Waals surface area (Å²) in [6, 6.07) is 0. The largest absolute Gasteiger partial charge is 0.462 e. The predicted molar refractivity (Wildman–Crippen MR) is 293 cm³/mol. The number of carbonyl (C=O) groups is 3. The lowest BCUT2D eigenvalue weighted by molar-refractivity contribution is -0.167. The molecule has 6 nitrogen and oxygen atoms in total. The Kier molecular flexibility index (Phi) is 52.0. The number of hydrogen-bond donors (Lipinski definition) is 0. The van der Waals surface area contributed by atoms with Crippen molar-refractivity contribution in [3.05, 3.63) is 0 Å². The Morgan fingerprint density at radius 3 is 0.632 bits per heavy atom. The molecule has 0 aromatic heterocycles. The molecule has 0 unspecified atom stereocenters. The number of unbranched alkanes of at least 4 members (excludes halogenated alkanes) is 38. The maximum atomic E-state index is 12.9. The van der Waals surface area contributed by atoms with Gasteiger partial charge in [-0.15, -0.1) is 0 Å². The lowest BCUT2D eigenvalue weighted by atomic mass is 10.0. The van der Waals surface area contributed by atoms with E-state index in [0.29, 0.717) is 19.3 Å². The highest BCUT2D eigenvalue weighted by Crippen LogP contribution is 2.19. The van der Waals surface area contributed by atoms with E-state index in [1.54, 1.807) is 0 Å². The van der Waals surface area contributed by atoms with Gasteiger partial charge in [0.05, 0.1) is 0 Å². The van der Waals surface area contributed by atoms with E-state index in [4.69, 9.17) is 14.2 Å². The minimum Gasteiger partial charge on any atom is -0.462 e. The average molecular weight is 962 g/mol. The Morgan fingerprint density at radius 1 is 0.250 bits per heavy atom. The molecule has 404 valence electrons. The fourth-order valence-corrected chi connectivity index (χ4v) is 9.53. The molecule has 0 spiro atoms. The summed E-state index contributed by atoms with van der Waals surface area (Å²) in [6.45, 7) is 13.8. The Balaban J connectivity index is 4.27. The summed E-state index contributed by atoms with van der Waals surface area (Å²) < 4.78 is 16.9. The van der Waals surface area contributed by atoms with Gasteiger partial charge in [0.15, 0.2) is 6.10 Å². The monoisotopic (exact) mass is 961 g/mol. The Labute approximate surface area is 425 Å². The zero-order chi connectivity index (χ0) is 49.8. The second-order valence-electron chi connectivity index (χ2n) is 22.8. The Hall–Kier alpha value is -1.59. The van der Waals surface area contributed by atoms with Crippen molar-refractivity contribution in [2.24, 2.45) is 17.8 Å². The van der Waals surface area contributed by atoms with Crippen LogP contribution in [-0.2, 0) is 28.6 Å². The van der Waals surface area contributed by atoms with Crippen LogP contribution >= 0.6 is 0 Å². The minimum atomic E-state index is -0.764. The van der Waals surface area contributed by atoms with Crippen molar-refractivity contribution in [3.8, 4) is 0 Å². The highest BCUT2D eigenvalue weighted by atomic mass is 16.6. The molecule has 0 saturated heterocycles. The van der Waals surface area contributed by atoms with E-state index in [9.17, 15) is 14.4 Å². The lowest BCUT2D eigenvalue weighted by Gasteiger charge is -2.18. The molecule has 0 aliphatic heterocycles. The summed E-state index contributed by atoms with van der Waals surface area (Å²) >= 11 is 0. The van der Waals surface area contributed by atoms with Gasteiger partial charge < -0.3 is 14.2 Å². The summed E-state index contributed by atoms with van der Waals surface area (Å²) in [4.78, 5) is 38.2. The molecular weight excluding hydrogens is 841 g/mol. The summed E-state index contributed by atoms with van der Waals surface area (Å²) in [7, 11) is 0. The van der Waals surface area contributed by atoms with Crippen LogP contribution in [0.5, 0.6) is 0 Å². The van der Waals surface area contributed by atoms with E-state index in [2.05, 4.69) is 41.5 Å². The van der Waals surface area contributed by atoms with Crippen LogP contribution in [0.3, 0.4) is 0 Å². The molecule has 0 amide bonds. The van der Waals surface area contributed by atoms with Gasteiger partial charge in [-0.25, -0.2) is 0 Å². The van der Waals surface area contributed by atoms with Gasteiger partial charge in [-0.3, -0.25) is 14.4 Å². The summed E-state index contributed by atoms with van der Waals surface area (Å²) in [5, 5.41) is 0. The SMILES string of the molecule is CC(C)CCCCCCCCCCCCCCCCCCCCC(=O)O[C@H](COC(=O)CCCCCCCCCCCCCCC(C)C)COC(=O)CCCCCCCCCCCCCC(C)C. The summed E-state index contributed by atoms with van der Waals surface area (Å²) in [5.41, 5.74) is 0. The number of esters is 3. The Morgan fingerprint density at radius 2 is 0.426 bits per heavy atom. The van der Waals surface area contributed by atoms with E-state index >= 15 is 0 Å². The molecule has 0 aliphatic carbocycles. The van der Waals surface area contributed by atoms with Crippen molar-refractivity contribution in [3.63, 3.8) is 0 Å². The summed E-state index contributed by atoms with van der Waals surface area (Å²) in [6.07, 6.45) is 56.7. The van der Waals surface area contributed by atoms with Crippen LogP contribution in [0.4, 0.5) is 0 Å². The maximum absolute atomic E-state index is 12.9. The van der Waals surface area contributed by atoms with Crippen LogP contribution in [0.2, 0.25) is 0 Å². The van der Waals surface area contributed by atoms with Gasteiger partial charge in [0.25, 0.3) is 0 Å². The van der Waals surface area contributed by atoms with Crippen molar-refractivity contribution in [2.75, 3.05) is 13.2 Å². The van der Waals surface area contributed by atoms with Gasteiger partial charge in [-0.2, -0.15) is 0 Å². The molecule has 0 saturated carbocycles. The first-order chi connectivity index (χ1) is 33.1. The normalized spacial score (nSPS) is 12.1. The molecule has 0 N–H and O–H groups in total. The molecule has 68 heavy (non-hydrogen) atoms.